The molecule has 0 aromatic heterocycles. The Balaban J connectivity index is 1.57. The molecule has 18 heavy (non-hydrogen) atoms. The van der Waals surface area contributed by atoms with Gasteiger partial charge in [0.1, 0.15) is 0 Å². The summed E-state index contributed by atoms with van der Waals surface area (Å²) < 4.78 is 0. The molecular formula is C16H22N2. The van der Waals surface area contributed by atoms with Gasteiger partial charge in [-0.1, -0.05) is 42.5 Å². The fraction of sp³-hybridized carbons (Fsp3) is 0.500. The van der Waals surface area contributed by atoms with E-state index in [9.17, 15) is 0 Å². The van der Waals surface area contributed by atoms with Crippen molar-refractivity contribution in [3.05, 3.63) is 48.0 Å². The number of nitrogens with zero attached hydrogens (tertiary/aromatic N) is 1. The molecule has 1 aromatic carbocycles. The third kappa shape index (κ3) is 2.82. The van der Waals surface area contributed by atoms with E-state index in [-0.39, 0.29) is 0 Å². The fourth-order valence-corrected chi connectivity index (χ4v) is 3.12. The standard InChI is InChI=1S/C16H22N2/c1-2-6-14(7-3-1)12-15-13-18(11-10-17-15)16-8-4-5-9-16/h1-7,15-17H,8-13H2. The summed E-state index contributed by atoms with van der Waals surface area (Å²) in [5.74, 6) is 0. The molecule has 2 nitrogen and oxygen atoms in total. The van der Waals surface area contributed by atoms with Crippen molar-refractivity contribution in [2.45, 2.75) is 31.3 Å². The Labute approximate surface area is 110 Å². The molecule has 1 aliphatic carbocycles. The summed E-state index contributed by atoms with van der Waals surface area (Å²) in [4.78, 5) is 2.67. The van der Waals surface area contributed by atoms with Gasteiger partial charge in [0, 0.05) is 31.7 Å². The third-order valence-electron chi connectivity index (χ3n) is 4.11. The lowest BCUT2D eigenvalue weighted by Crippen LogP contribution is -2.54. The maximum atomic E-state index is 3.66. The number of piperazine rings is 1. The van der Waals surface area contributed by atoms with Gasteiger partial charge in [0.05, 0.1) is 0 Å². The van der Waals surface area contributed by atoms with Crippen LogP contribution < -0.4 is 5.32 Å². The predicted octanol–water partition coefficient (Wildman–Crippen LogP) is 2.22. The monoisotopic (exact) mass is 242 g/mol. The summed E-state index contributed by atoms with van der Waals surface area (Å²) in [5, 5.41) is 3.66. The number of hydrogen-bond acceptors (Lipinski definition) is 2. The number of benzene rings is 1. The van der Waals surface area contributed by atoms with Crippen molar-refractivity contribution in [2.24, 2.45) is 0 Å². The fourth-order valence-electron chi connectivity index (χ4n) is 3.12. The molecule has 1 atom stereocenters. The van der Waals surface area contributed by atoms with Gasteiger partial charge in [-0.05, 0) is 24.8 Å². The zero-order chi connectivity index (χ0) is 12.2. The lowest BCUT2D eigenvalue weighted by atomic mass is 10.0. The summed E-state index contributed by atoms with van der Waals surface area (Å²) in [6.07, 6.45) is 8.31. The quantitative estimate of drug-likeness (QED) is 0.818. The Hall–Kier alpha value is -1.12. The van der Waals surface area contributed by atoms with Crippen LogP contribution in [0.25, 0.3) is 0 Å². The van der Waals surface area contributed by atoms with Gasteiger partial charge < -0.3 is 5.32 Å². The van der Waals surface area contributed by atoms with E-state index in [1.54, 1.807) is 0 Å². The first-order valence-corrected chi connectivity index (χ1v) is 7.08. The van der Waals surface area contributed by atoms with Gasteiger partial charge in [-0.2, -0.15) is 0 Å². The van der Waals surface area contributed by atoms with Gasteiger partial charge in [-0.15, -0.1) is 0 Å². The Kier molecular flexibility index (Phi) is 3.77. The van der Waals surface area contributed by atoms with E-state index in [1.807, 2.05) is 0 Å². The first-order chi connectivity index (χ1) is 8.92. The van der Waals surface area contributed by atoms with Gasteiger partial charge in [0.25, 0.3) is 0 Å². The van der Waals surface area contributed by atoms with Gasteiger partial charge in [-0.3, -0.25) is 4.90 Å². The molecule has 0 bridgehead atoms. The normalized spacial score (nSPS) is 25.7. The Morgan fingerprint density at radius 1 is 1.11 bits per heavy atom. The maximum absolute atomic E-state index is 3.66. The highest BCUT2D eigenvalue weighted by Gasteiger charge is 2.25. The number of hydrogen-bond donors (Lipinski definition) is 1. The van der Waals surface area contributed by atoms with Crippen LogP contribution in [0, 0.1) is 0 Å². The predicted molar refractivity (Wildman–Crippen MR) is 75.7 cm³/mol. The van der Waals surface area contributed by atoms with E-state index >= 15 is 0 Å². The highest BCUT2D eigenvalue weighted by atomic mass is 15.2. The Morgan fingerprint density at radius 3 is 2.67 bits per heavy atom. The highest BCUT2D eigenvalue weighted by molar-refractivity contribution is 5.16. The van der Waals surface area contributed by atoms with Crippen LogP contribution in [0.3, 0.4) is 0 Å². The average Bonchev–Trinajstić information content (AvgIpc) is 2.94. The minimum Gasteiger partial charge on any atom is -0.311 e. The summed E-state index contributed by atoms with van der Waals surface area (Å²) in [6.45, 7) is 3.53. The lowest BCUT2D eigenvalue weighted by molar-refractivity contribution is 0.148. The summed E-state index contributed by atoms with van der Waals surface area (Å²) in [5.41, 5.74) is 1.45. The summed E-state index contributed by atoms with van der Waals surface area (Å²) >= 11 is 0. The zero-order valence-electron chi connectivity index (χ0n) is 10.9. The van der Waals surface area contributed by atoms with Crippen LogP contribution in [0.4, 0.5) is 0 Å². The lowest BCUT2D eigenvalue weighted by Gasteiger charge is -2.37. The first-order valence-electron chi connectivity index (χ1n) is 7.08. The van der Waals surface area contributed by atoms with Crippen molar-refractivity contribution < 1.29 is 0 Å². The molecule has 0 spiro atoms. The van der Waals surface area contributed by atoms with Crippen molar-refractivity contribution in [3.63, 3.8) is 0 Å². The van der Waals surface area contributed by atoms with E-state index in [4.69, 9.17) is 0 Å². The second-order valence-corrected chi connectivity index (χ2v) is 5.43. The SMILES string of the molecule is C1=CCC(N2CCNC(Cc3ccccc3)C2)C1. The molecule has 0 saturated carbocycles. The molecule has 1 unspecified atom stereocenters. The topological polar surface area (TPSA) is 15.3 Å². The van der Waals surface area contributed by atoms with E-state index in [0.717, 1.165) is 19.0 Å². The van der Waals surface area contributed by atoms with Crippen LogP contribution in [-0.2, 0) is 6.42 Å². The molecule has 96 valence electrons. The van der Waals surface area contributed by atoms with Crippen LogP contribution in [0.2, 0.25) is 0 Å². The van der Waals surface area contributed by atoms with E-state index in [2.05, 4.69) is 52.7 Å². The van der Waals surface area contributed by atoms with Crippen LogP contribution >= 0.6 is 0 Å². The molecule has 2 heteroatoms. The average molecular weight is 242 g/mol. The molecule has 1 aromatic rings. The minimum atomic E-state index is 0.613. The van der Waals surface area contributed by atoms with Crippen molar-refractivity contribution in [2.75, 3.05) is 19.6 Å². The number of rotatable bonds is 3. The van der Waals surface area contributed by atoms with Crippen LogP contribution in [0.5, 0.6) is 0 Å². The smallest absolute Gasteiger partial charge is 0.0236 e. The van der Waals surface area contributed by atoms with Crippen LogP contribution in [0.15, 0.2) is 42.5 Å². The molecular weight excluding hydrogens is 220 g/mol. The summed E-state index contributed by atoms with van der Waals surface area (Å²) in [7, 11) is 0. The molecule has 1 saturated heterocycles. The third-order valence-corrected chi connectivity index (χ3v) is 4.11. The molecule has 1 N–H and O–H groups in total. The molecule has 2 aliphatic rings. The largest absolute Gasteiger partial charge is 0.311 e. The van der Waals surface area contributed by atoms with Gasteiger partial charge in [-0.25, -0.2) is 0 Å². The van der Waals surface area contributed by atoms with Gasteiger partial charge in [0.2, 0.25) is 0 Å². The highest BCUT2D eigenvalue weighted by Crippen LogP contribution is 2.19. The minimum absolute atomic E-state index is 0.613. The van der Waals surface area contributed by atoms with Crippen molar-refractivity contribution in [3.8, 4) is 0 Å². The van der Waals surface area contributed by atoms with E-state index in [1.165, 1.54) is 31.5 Å². The van der Waals surface area contributed by atoms with E-state index in [0.29, 0.717) is 6.04 Å². The van der Waals surface area contributed by atoms with Crippen LogP contribution in [0.1, 0.15) is 18.4 Å². The molecule has 1 heterocycles. The molecule has 1 aliphatic heterocycles. The summed E-state index contributed by atoms with van der Waals surface area (Å²) in [6, 6.07) is 12.2. The molecule has 1 fully saturated rings. The van der Waals surface area contributed by atoms with Gasteiger partial charge >= 0.3 is 0 Å². The molecule has 0 radical (unpaired) electrons. The molecule has 0 amide bonds. The van der Waals surface area contributed by atoms with Crippen molar-refractivity contribution in [1.29, 1.82) is 0 Å². The van der Waals surface area contributed by atoms with Crippen molar-refractivity contribution in [1.82, 2.24) is 10.2 Å². The van der Waals surface area contributed by atoms with Crippen molar-refractivity contribution >= 4 is 0 Å². The second kappa shape index (κ2) is 5.68. The van der Waals surface area contributed by atoms with Crippen LogP contribution in [-0.4, -0.2) is 36.6 Å². The van der Waals surface area contributed by atoms with E-state index < -0.39 is 0 Å². The first kappa shape index (κ1) is 11.9. The Morgan fingerprint density at radius 2 is 1.89 bits per heavy atom. The van der Waals surface area contributed by atoms with Gasteiger partial charge in [0.15, 0.2) is 0 Å². The Bertz CT molecular complexity index is 391. The maximum Gasteiger partial charge on any atom is 0.0236 e. The zero-order valence-corrected chi connectivity index (χ0v) is 10.9. The molecule has 3 rings (SSSR count). The second-order valence-electron chi connectivity index (χ2n) is 5.43. The number of nitrogens with one attached hydrogen (secondary N) is 1.